The van der Waals surface area contributed by atoms with Gasteiger partial charge >= 0.3 is 5.97 Å². The van der Waals surface area contributed by atoms with Gasteiger partial charge in [0.05, 0.1) is 0 Å². The smallest absolute Gasteiger partial charge is 0.355 e. The number of hydrogen-bond donors (Lipinski definition) is 2. The Balaban J connectivity index is 1.53. The SMILES string of the molecule is CC(=O)c1c[nH]c(C(=O)OCC(=O)Nc2ccc3c(c2)CCC3)c1. The first-order valence-corrected chi connectivity index (χ1v) is 7.81. The first-order valence-electron chi connectivity index (χ1n) is 7.81. The van der Waals surface area contributed by atoms with E-state index in [0.29, 0.717) is 11.3 Å². The topological polar surface area (TPSA) is 88.3 Å². The lowest BCUT2D eigenvalue weighted by molar-refractivity contribution is -0.119. The molecule has 6 heteroatoms. The zero-order valence-electron chi connectivity index (χ0n) is 13.3. The molecule has 1 aliphatic carbocycles. The number of anilines is 1. The minimum absolute atomic E-state index is 0.144. The maximum Gasteiger partial charge on any atom is 0.355 e. The van der Waals surface area contributed by atoms with Crippen molar-refractivity contribution in [3.05, 3.63) is 52.8 Å². The Hall–Kier alpha value is -2.89. The third kappa shape index (κ3) is 3.53. The normalized spacial score (nSPS) is 12.5. The number of carbonyl (C=O) groups is 3. The fraction of sp³-hybridized carbons (Fsp3) is 0.278. The number of nitrogens with one attached hydrogen (secondary N) is 2. The van der Waals surface area contributed by atoms with Crippen molar-refractivity contribution in [3.63, 3.8) is 0 Å². The van der Waals surface area contributed by atoms with Gasteiger partial charge in [-0.05, 0) is 55.5 Å². The van der Waals surface area contributed by atoms with E-state index in [9.17, 15) is 14.4 Å². The van der Waals surface area contributed by atoms with Crippen LogP contribution in [0.15, 0.2) is 30.5 Å². The number of fused-ring (bicyclic) bond motifs is 1. The minimum atomic E-state index is -0.674. The van der Waals surface area contributed by atoms with Crippen molar-refractivity contribution in [2.24, 2.45) is 0 Å². The molecular formula is C18H18N2O4. The molecule has 1 amide bonds. The third-order valence-corrected chi connectivity index (χ3v) is 4.03. The number of aromatic nitrogens is 1. The van der Waals surface area contributed by atoms with Gasteiger partial charge in [-0.15, -0.1) is 0 Å². The van der Waals surface area contributed by atoms with Crippen LogP contribution in [0.2, 0.25) is 0 Å². The number of H-pyrrole nitrogens is 1. The van der Waals surface area contributed by atoms with Crippen molar-refractivity contribution in [1.82, 2.24) is 4.98 Å². The van der Waals surface area contributed by atoms with E-state index >= 15 is 0 Å². The van der Waals surface area contributed by atoms with Crippen molar-refractivity contribution in [2.75, 3.05) is 11.9 Å². The Labute approximate surface area is 139 Å². The molecule has 0 radical (unpaired) electrons. The van der Waals surface area contributed by atoms with E-state index in [-0.39, 0.29) is 18.1 Å². The van der Waals surface area contributed by atoms with Gasteiger partial charge in [0, 0.05) is 17.4 Å². The molecule has 2 N–H and O–H groups in total. The molecule has 0 spiro atoms. The van der Waals surface area contributed by atoms with E-state index in [4.69, 9.17) is 4.74 Å². The number of amides is 1. The summed E-state index contributed by atoms with van der Waals surface area (Å²) in [5, 5.41) is 2.72. The van der Waals surface area contributed by atoms with Crippen LogP contribution < -0.4 is 5.32 Å². The molecule has 2 aromatic rings. The molecule has 0 saturated carbocycles. The largest absolute Gasteiger partial charge is 0.451 e. The van der Waals surface area contributed by atoms with Gasteiger partial charge in [-0.1, -0.05) is 6.07 Å². The van der Waals surface area contributed by atoms with Gasteiger partial charge in [-0.3, -0.25) is 9.59 Å². The van der Waals surface area contributed by atoms with Crippen LogP contribution in [-0.2, 0) is 22.4 Å². The molecule has 0 bridgehead atoms. The first-order chi connectivity index (χ1) is 11.5. The van der Waals surface area contributed by atoms with E-state index in [1.54, 1.807) is 0 Å². The van der Waals surface area contributed by atoms with Gasteiger partial charge in [0.1, 0.15) is 5.69 Å². The monoisotopic (exact) mass is 326 g/mol. The summed E-state index contributed by atoms with van der Waals surface area (Å²) in [6.07, 6.45) is 4.69. The molecule has 0 aliphatic heterocycles. The lowest BCUT2D eigenvalue weighted by atomic mass is 10.1. The Bertz CT molecular complexity index is 807. The maximum atomic E-state index is 11.9. The van der Waals surface area contributed by atoms with Gasteiger partial charge in [0.25, 0.3) is 5.91 Å². The van der Waals surface area contributed by atoms with E-state index in [1.807, 2.05) is 18.2 Å². The summed E-state index contributed by atoms with van der Waals surface area (Å²) in [4.78, 5) is 37.6. The summed E-state index contributed by atoms with van der Waals surface area (Å²) in [5.41, 5.74) is 3.82. The minimum Gasteiger partial charge on any atom is -0.451 e. The molecule has 1 aromatic carbocycles. The zero-order chi connectivity index (χ0) is 17.1. The highest BCUT2D eigenvalue weighted by Crippen LogP contribution is 2.24. The number of ether oxygens (including phenoxy) is 1. The van der Waals surface area contributed by atoms with Crippen LogP contribution in [0.25, 0.3) is 0 Å². The van der Waals surface area contributed by atoms with Crippen molar-refractivity contribution < 1.29 is 19.1 Å². The number of rotatable bonds is 5. The first kappa shape index (κ1) is 16.0. The van der Waals surface area contributed by atoms with E-state index in [0.717, 1.165) is 19.3 Å². The summed E-state index contributed by atoms with van der Waals surface area (Å²) in [7, 11) is 0. The molecule has 1 heterocycles. The van der Waals surface area contributed by atoms with E-state index < -0.39 is 11.9 Å². The summed E-state index contributed by atoms with van der Waals surface area (Å²) in [5.74, 6) is -1.23. The second-order valence-corrected chi connectivity index (χ2v) is 5.82. The van der Waals surface area contributed by atoms with Gasteiger partial charge in [-0.25, -0.2) is 4.79 Å². The summed E-state index contributed by atoms with van der Waals surface area (Å²) in [6, 6.07) is 7.25. The van der Waals surface area contributed by atoms with Gasteiger partial charge in [-0.2, -0.15) is 0 Å². The molecule has 6 nitrogen and oxygen atoms in total. The van der Waals surface area contributed by atoms with Crippen molar-refractivity contribution in [3.8, 4) is 0 Å². The van der Waals surface area contributed by atoms with Crippen LogP contribution in [0, 0.1) is 0 Å². The highest BCUT2D eigenvalue weighted by molar-refractivity contribution is 5.98. The fourth-order valence-corrected chi connectivity index (χ4v) is 2.77. The zero-order valence-corrected chi connectivity index (χ0v) is 13.3. The molecule has 0 fully saturated rings. The molecule has 24 heavy (non-hydrogen) atoms. The van der Waals surface area contributed by atoms with Gasteiger partial charge < -0.3 is 15.0 Å². The molecule has 3 rings (SSSR count). The summed E-state index contributed by atoms with van der Waals surface area (Å²) >= 11 is 0. The number of hydrogen-bond acceptors (Lipinski definition) is 4. The Morgan fingerprint density at radius 2 is 1.96 bits per heavy atom. The average Bonchev–Trinajstić information content (AvgIpc) is 3.21. The third-order valence-electron chi connectivity index (χ3n) is 4.03. The van der Waals surface area contributed by atoms with Crippen LogP contribution in [-0.4, -0.2) is 29.3 Å². The van der Waals surface area contributed by atoms with Crippen molar-refractivity contribution >= 4 is 23.3 Å². The van der Waals surface area contributed by atoms with Crippen molar-refractivity contribution in [2.45, 2.75) is 26.2 Å². The molecule has 124 valence electrons. The Morgan fingerprint density at radius 3 is 2.71 bits per heavy atom. The molecule has 0 atom stereocenters. The number of benzene rings is 1. The quantitative estimate of drug-likeness (QED) is 0.653. The van der Waals surface area contributed by atoms with Crippen molar-refractivity contribution in [1.29, 1.82) is 0 Å². The highest BCUT2D eigenvalue weighted by atomic mass is 16.5. The summed E-state index contributed by atoms with van der Waals surface area (Å²) < 4.78 is 4.95. The lowest BCUT2D eigenvalue weighted by Crippen LogP contribution is -2.21. The predicted molar refractivity (Wildman–Crippen MR) is 88.2 cm³/mol. The molecule has 0 saturated heterocycles. The maximum absolute atomic E-state index is 11.9. The Kier molecular flexibility index (Phi) is 4.46. The van der Waals surface area contributed by atoms with Crippen LogP contribution in [0.5, 0.6) is 0 Å². The predicted octanol–water partition coefficient (Wildman–Crippen LogP) is 2.50. The molecular weight excluding hydrogens is 308 g/mol. The average molecular weight is 326 g/mol. The van der Waals surface area contributed by atoms with Crippen LogP contribution in [0.1, 0.15) is 45.3 Å². The fourth-order valence-electron chi connectivity index (χ4n) is 2.77. The van der Waals surface area contributed by atoms with E-state index in [1.165, 1.54) is 30.3 Å². The van der Waals surface area contributed by atoms with E-state index in [2.05, 4.69) is 10.3 Å². The number of carbonyl (C=O) groups excluding carboxylic acids is 3. The van der Waals surface area contributed by atoms with Crippen LogP contribution >= 0.6 is 0 Å². The molecule has 1 aliphatic rings. The van der Waals surface area contributed by atoms with Gasteiger partial charge in [0.15, 0.2) is 12.4 Å². The van der Waals surface area contributed by atoms with Crippen LogP contribution in [0.3, 0.4) is 0 Å². The number of esters is 1. The van der Waals surface area contributed by atoms with Crippen LogP contribution in [0.4, 0.5) is 5.69 Å². The second kappa shape index (κ2) is 6.70. The van der Waals surface area contributed by atoms with Gasteiger partial charge in [0.2, 0.25) is 0 Å². The Morgan fingerprint density at radius 1 is 1.17 bits per heavy atom. The number of ketones is 1. The molecule has 0 unspecified atom stereocenters. The molecule has 1 aromatic heterocycles. The number of Topliss-reactive ketones (excluding diaryl/α,β-unsaturated/α-hetero) is 1. The standard InChI is InChI=1S/C18H18N2O4/c1-11(21)14-8-16(19-9-14)18(23)24-10-17(22)20-15-6-5-12-3-2-4-13(12)7-15/h5-9,19H,2-4,10H2,1H3,(H,20,22). The number of aromatic amines is 1. The summed E-state index contributed by atoms with van der Waals surface area (Å²) in [6.45, 7) is 1.02. The number of aryl methyl sites for hydroxylation is 2. The second-order valence-electron chi connectivity index (χ2n) is 5.82. The lowest BCUT2D eigenvalue weighted by Gasteiger charge is -2.08. The highest BCUT2D eigenvalue weighted by Gasteiger charge is 2.15.